The maximum atomic E-state index is 11.2. The standard InChI is InChI=1S/C18H27N3O4/c22-12-13-5-6-16(21(24)25)15(11-13)19-14-7-9-20(10-8-14)17-3-1-2-4-18(17)23/h5-6,11,14,17-19,22-23H,1-4,7-10,12H2. The van der Waals surface area contributed by atoms with Crippen molar-refractivity contribution in [1.82, 2.24) is 4.90 Å². The van der Waals surface area contributed by atoms with Gasteiger partial charge in [-0.2, -0.15) is 0 Å². The van der Waals surface area contributed by atoms with Gasteiger partial charge >= 0.3 is 0 Å². The second-order valence-corrected chi connectivity index (χ2v) is 7.14. The molecule has 2 fully saturated rings. The lowest BCUT2D eigenvalue weighted by Crippen LogP contribution is -2.50. The van der Waals surface area contributed by atoms with Crippen LogP contribution in [0, 0.1) is 10.1 Å². The van der Waals surface area contributed by atoms with Gasteiger partial charge in [0.1, 0.15) is 5.69 Å². The Labute approximate surface area is 147 Å². The highest BCUT2D eigenvalue weighted by Crippen LogP contribution is 2.30. The summed E-state index contributed by atoms with van der Waals surface area (Å²) in [6.07, 6.45) is 5.81. The molecule has 2 atom stereocenters. The minimum Gasteiger partial charge on any atom is -0.392 e. The number of likely N-dealkylation sites (tertiary alicyclic amines) is 1. The number of piperidine rings is 1. The summed E-state index contributed by atoms with van der Waals surface area (Å²) in [5.41, 5.74) is 1.19. The molecule has 1 saturated carbocycles. The van der Waals surface area contributed by atoms with E-state index in [0.29, 0.717) is 11.3 Å². The van der Waals surface area contributed by atoms with Gasteiger partial charge in [-0.15, -0.1) is 0 Å². The molecule has 1 aromatic carbocycles. The molecular weight excluding hydrogens is 322 g/mol. The first-order valence-corrected chi connectivity index (χ1v) is 9.15. The first-order valence-electron chi connectivity index (χ1n) is 9.15. The molecule has 3 N–H and O–H groups in total. The maximum absolute atomic E-state index is 11.2. The summed E-state index contributed by atoms with van der Waals surface area (Å²) in [7, 11) is 0. The van der Waals surface area contributed by atoms with Crippen molar-refractivity contribution in [3.8, 4) is 0 Å². The minimum atomic E-state index is -0.392. The van der Waals surface area contributed by atoms with Crippen LogP contribution in [0.2, 0.25) is 0 Å². The van der Waals surface area contributed by atoms with Gasteiger partial charge in [0.2, 0.25) is 0 Å². The first kappa shape index (κ1) is 18.1. The molecule has 7 heteroatoms. The lowest BCUT2D eigenvalue weighted by atomic mass is 9.89. The van der Waals surface area contributed by atoms with Crippen molar-refractivity contribution in [2.24, 2.45) is 0 Å². The zero-order chi connectivity index (χ0) is 17.8. The fraction of sp³-hybridized carbons (Fsp3) is 0.667. The van der Waals surface area contributed by atoms with Gasteiger partial charge in [-0.25, -0.2) is 0 Å². The van der Waals surface area contributed by atoms with E-state index in [1.54, 1.807) is 12.1 Å². The summed E-state index contributed by atoms with van der Waals surface area (Å²) >= 11 is 0. The molecule has 0 aromatic heterocycles. The number of benzene rings is 1. The van der Waals surface area contributed by atoms with Crippen molar-refractivity contribution in [1.29, 1.82) is 0 Å². The highest BCUT2D eigenvalue weighted by atomic mass is 16.6. The van der Waals surface area contributed by atoms with Gasteiger partial charge in [-0.3, -0.25) is 15.0 Å². The van der Waals surface area contributed by atoms with Crippen LogP contribution in [0.4, 0.5) is 11.4 Å². The summed E-state index contributed by atoms with van der Waals surface area (Å²) in [5.74, 6) is 0. The lowest BCUT2D eigenvalue weighted by Gasteiger charge is -2.41. The molecule has 1 heterocycles. The predicted octanol–water partition coefficient (Wildman–Crippen LogP) is 2.27. The maximum Gasteiger partial charge on any atom is 0.292 e. The number of nitrogens with one attached hydrogen (secondary N) is 1. The summed E-state index contributed by atoms with van der Waals surface area (Å²) in [6, 6.07) is 5.12. The predicted molar refractivity (Wildman–Crippen MR) is 95.5 cm³/mol. The number of anilines is 1. The average molecular weight is 349 g/mol. The van der Waals surface area contributed by atoms with E-state index in [9.17, 15) is 20.3 Å². The number of aliphatic hydroxyl groups excluding tert-OH is 2. The van der Waals surface area contributed by atoms with Crippen LogP contribution in [0.3, 0.4) is 0 Å². The fourth-order valence-corrected chi connectivity index (χ4v) is 4.07. The number of rotatable bonds is 5. The smallest absolute Gasteiger partial charge is 0.292 e. The van der Waals surface area contributed by atoms with Crippen LogP contribution in [0.1, 0.15) is 44.1 Å². The highest BCUT2D eigenvalue weighted by Gasteiger charge is 2.31. The quantitative estimate of drug-likeness (QED) is 0.557. The van der Waals surface area contributed by atoms with E-state index >= 15 is 0 Å². The zero-order valence-electron chi connectivity index (χ0n) is 14.4. The molecular formula is C18H27N3O4. The Bertz CT molecular complexity index is 602. The Morgan fingerprint density at radius 1 is 1.20 bits per heavy atom. The van der Waals surface area contributed by atoms with E-state index in [4.69, 9.17) is 0 Å². The van der Waals surface area contributed by atoms with Crippen LogP contribution in [-0.2, 0) is 6.61 Å². The molecule has 0 spiro atoms. The first-order chi connectivity index (χ1) is 12.1. The Morgan fingerprint density at radius 3 is 2.56 bits per heavy atom. The van der Waals surface area contributed by atoms with Gasteiger partial charge in [0.15, 0.2) is 0 Å². The van der Waals surface area contributed by atoms with Crippen LogP contribution in [0.15, 0.2) is 18.2 Å². The third-order valence-electron chi connectivity index (χ3n) is 5.49. The van der Waals surface area contributed by atoms with Crippen molar-refractivity contribution < 1.29 is 15.1 Å². The summed E-state index contributed by atoms with van der Waals surface area (Å²) in [6.45, 7) is 1.66. The van der Waals surface area contributed by atoms with Crippen LogP contribution < -0.4 is 5.32 Å². The molecule has 2 unspecified atom stereocenters. The Hall–Kier alpha value is -1.70. The molecule has 0 amide bonds. The number of nitro benzene ring substituents is 1. The molecule has 1 aliphatic carbocycles. The van der Waals surface area contributed by atoms with Crippen molar-refractivity contribution in [2.45, 2.75) is 63.3 Å². The molecule has 1 aliphatic heterocycles. The number of nitro groups is 1. The second kappa shape index (κ2) is 8.12. The molecule has 0 radical (unpaired) electrons. The summed E-state index contributed by atoms with van der Waals surface area (Å²) in [5, 5.41) is 34.0. The average Bonchev–Trinajstić information content (AvgIpc) is 2.62. The molecule has 2 aliphatic rings. The Morgan fingerprint density at radius 2 is 1.92 bits per heavy atom. The van der Waals surface area contributed by atoms with E-state index in [1.807, 2.05) is 0 Å². The molecule has 0 bridgehead atoms. The van der Waals surface area contributed by atoms with E-state index in [0.717, 1.165) is 45.2 Å². The summed E-state index contributed by atoms with van der Waals surface area (Å²) < 4.78 is 0. The van der Waals surface area contributed by atoms with Gasteiger partial charge in [0, 0.05) is 31.2 Å². The minimum absolute atomic E-state index is 0.0438. The normalized spacial score (nSPS) is 25.7. The van der Waals surface area contributed by atoms with Gasteiger partial charge in [-0.1, -0.05) is 12.8 Å². The fourth-order valence-electron chi connectivity index (χ4n) is 4.07. The zero-order valence-corrected chi connectivity index (χ0v) is 14.4. The Balaban J connectivity index is 1.61. The molecule has 25 heavy (non-hydrogen) atoms. The third-order valence-corrected chi connectivity index (χ3v) is 5.49. The third kappa shape index (κ3) is 4.29. The summed E-state index contributed by atoms with van der Waals surface area (Å²) in [4.78, 5) is 13.2. The second-order valence-electron chi connectivity index (χ2n) is 7.14. The van der Waals surface area contributed by atoms with E-state index in [2.05, 4.69) is 10.2 Å². The number of hydrogen-bond acceptors (Lipinski definition) is 6. The van der Waals surface area contributed by atoms with E-state index < -0.39 is 4.92 Å². The monoisotopic (exact) mass is 349 g/mol. The number of hydrogen-bond donors (Lipinski definition) is 3. The molecule has 1 saturated heterocycles. The van der Waals surface area contributed by atoms with Gasteiger partial charge in [0.25, 0.3) is 5.69 Å². The van der Waals surface area contributed by atoms with Crippen molar-refractivity contribution in [2.75, 3.05) is 18.4 Å². The number of nitrogens with zero attached hydrogens (tertiary/aromatic N) is 2. The molecule has 1 aromatic rings. The largest absolute Gasteiger partial charge is 0.392 e. The number of aliphatic hydroxyl groups is 2. The molecule has 138 valence electrons. The highest BCUT2D eigenvalue weighted by molar-refractivity contribution is 5.63. The topological polar surface area (TPSA) is 98.9 Å². The van der Waals surface area contributed by atoms with Gasteiger partial charge in [0.05, 0.1) is 17.6 Å². The van der Waals surface area contributed by atoms with Crippen molar-refractivity contribution in [3.63, 3.8) is 0 Å². The van der Waals surface area contributed by atoms with E-state index in [-0.39, 0.29) is 30.5 Å². The van der Waals surface area contributed by atoms with Gasteiger partial charge < -0.3 is 15.5 Å². The van der Waals surface area contributed by atoms with Crippen LogP contribution in [0.25, 0.3) is 0 Å². The van der Waals surface area contributed by atoms with Crippen LogP contribution in [0.5, 0.6) is 0 Å². The van der Waals surface area contributed by atoms with Crippen LogP contribution in [-0.4, -0.2) is 51.3 Å². The van der Waals surface area contributed by atoms with Crippen molar-refractivity contribution in [3.05, 3.63) is 33.9 Å². The SMILES string of the molecule is O=[N+]([O-])c1ccc(CO)cc1NC1CCN(C2CCCCC2O)CC1. The lowest BCUT2D eigenvalue weighted by molar-refractivity contribution is -0.384. The van der Waals surface area contributed by atoms with Crippen molar-refractivity contribution >= 4 is 11.4 Å². The molecule has 3 rings (SSSR count). The molecule has 7 nitrogen and oxygen atoms in total. The Kier molecular flexibility index (Phi) is 5.88. The van der Waals surface area contributed by atoms with Crippen LogP contribution >= 0.6 is 0 Å². The van der Waals surface area contributed by atoms with Gasteiger partial charge in [-0.05, 0) is 43.4 Å². The van der Waals surface area contributed by atoms with E-state index in [1.165, 1.54) is 12.5 Å².